The van der Waals surface area contributed by atoms with Gasteiger partial charge in [0.2, 0.25) is 5.78 Å². The summed E-state index contributed by atoms with van der Waals surface area (Å²) in [7, 11) is 0. The number of nitrogens with one attached hydrogen (secondary N) is 1. The zero-order chi connectivity index (χ0) is 18.4. The maximum Gasteiger partial charge on any atom is 0.209 e. The molecule has 0 saturated heterocycles. The lowest BCUT2D eigenvalue weighted by Gasteiger charge is -2.11. The number of aryl methyl sites for hydroxylation is 1. The first kappa shape index (κ1) is 17.4. The van der Waals surface area contributed by atoms with Gasteiger partial charge in [-0.25, -0.2) is 0 Å². The van der Waals surface area contributed by atoms with Crippen molar-refractivity contribution in [2.24, 2.45) is 0 Å². The minimum atomic E-state index is -0.226. The first-order valence-corrected chi connectivity index (χ1v) is 8.38. The van der Waals surface area contributed by atoms with Crippen LogP contribution < -0.4 is 5.32 Å². The summed E-state index contributed by atoms with van der Waals surface area (Å²) < 4.78 is 0. The first-order chi connectivity index (χ1) is 12.6. The molecule has 0 amide bonds. The molecule has 3 aromatic rings. The Morgan fingerprint density at radius 2 is 1.38 bits per heavy atom. The van der Waals surface area contributed by atoms with Crippen molar-refractivity contribution >= 4 is 17.3 Å². The number of ketones is 2. The molecule has 3 rings (SSSR count). The molecule has 3 heteroatoms. The van der Waals surface area contributed by atoms with E-state index in [1.165, 1.54) is 6.08 Å². The fourth-order valence-corrected chi connectivity index (χ4v) is 2.60. The maximum atomic E-state index is 12.9. The van der Waals surface area contributed by atoms with Crippen LogP contribution >= 0.6 is 0 Å². The molecule has 0 aromatic heterocycles. The summed E-state index contributed by atoms with van der Waals surface area (Å²) >= 11 is 0. The van der Waals surface area contributed by atoms with E-state index in [1.807, 2.05) is 43.3 Å². The van der Waals surface area contributed by atoms with Gasteiger partial charge < -0.3 is 5.32 Å². The van der Waals surface area contributed by atoms with Gasteiger partial charge in [0.15, 0.2) is 5.78 Å². The Morgan fingerprint density at radius 3 is 2.00 bits per heavy atom. The van der Waals surface area contributed by atoms with Gasteiger partial charge in [0, 0.05) is 22.9 Å². The molecule has 0 heterocycles. The second-order valence-corrected chi connectivity index (χ2v) is 5.98. The molecule has 0 saturated carbocycles. The molecule has 0 spiro atoms. The van der Waals surface area contributed by atoms with Crippen molar-refractivity contribution in [3.63, 3.8) is 0 Å². The maximum absolute atomic E-state index is 12.9. The highest BCUT2D eigenvalue weighted by Gasteiger charge is 2.15. The molecule has 1 N–H and O–H groups in total. The smallest absolute Gasteiger partial charge is 0.209 e. The van der Waals surface area contributed by atoms with E-state index in [9.17, 15) is 9.59 Å². The predicted molar refractivity (Wildman–Crippen MR) is 104 cm³/mol. The lowest BCUT2D eigenvalue weighted by atomic mass is 10.0. The standard InChI is InChI=1S/C23H19NO2/c1-17-9-8-14-20(15-17)24-21(23(26)19-12-6-3-7-13-19)16-22(25)18-10-4-2-5-11-18/h2-16,24H,1H3/b21-16-. The number of benzene rings is 3. The highest BCUT2D eigenvalue weighted by molar-refractivity contribution is 6.16. The van der Waals surface area contributed by atoms with E-state index in [-0.39, 0.29) is 17.3 Å². The number of hydrogen-bond acceptors (Lipinski definition) is 3. The normalized spacial score (nSPS) is 11.0. The third-order valence-electron chi connectivity index (χ3n) is 3.91. The molecular formula is C23H19NO2. The van der Waals surface area contributed by atoms with Crippen molar-refractivity contribution in [1.82, 2.24) is 0 Å². The summed E-state index contributed by atoms with van der Waals surface area (Å²) in [4.78, 5) is 25.5. The Hall–Kier alpha value is -3.46. The molecule has 0 unspecified atom stereocenters. The molecule has 0 fully saturated rings. The number of carbonyl (C=O) groups is 2. The van der Waals surface area contributed by atoms with Crippen molar-refractivity contribution < 1.29 is 9.59 Å². The van der Waals surface area contributed by atoms with E-state index < -0.39 is 0 Å². The molecule has 26 heavy (non-hydrogen) atoms. The Bertz CT molecular complexity index is 944. The van der Waals surface area contributed by atoms with E-state index in [4.69, 9.17) is 0 Å². The van der Waals surface area contributed by atoms with E-state index in [1.54, 1.807) is 48.5 Å². The van der Waals surface area contributed by atoms with E-state index >= 15 is 0 Å². The number of rotatable bonds is 6. The summed E-state index contributed by atoms with van der Waals surface area (Å²) in [5, 5.41) is 3.11. The molecule has 3 nitrogen and oxygen atoms in total. The molecule has 3 aromatic carbocycles. The Kier molecular flexibility index (Phi) is 5.40. The second-order valence-electron chi connectivity index (χ2n) is 5.98. The largest absolute Gasteiger partial charge is 0.352 e. The van der Waals surface area contributed by atoms with Gasteiger partial charge in [-0.1, -0.05) is 72.8 Å². The molecule has 128 valence electrons. The minimum Gasteiger partial charge on any atom is -0.352 e. The van der Waals surface area contributed by atoms with Crippen LogP contribution in [0.15, 0.2) is 96.7 Å². The van der Waals surface area contributed by atoms with E-state index in [2.05, 4.69) is 5.32 Å². The van der Waals surface area contributed by atoms with Gasteiger partial charge in [0.1, 0.15) is 0 Å². The summed E-state index contributed by atoms with van der Waals surface area (Å²) in [5.74, 6) is -0.443. The van der Waals surface area contributed by atoms with Crippen LogP contribution in [0.2, 0.25) is 0 Å². The molecule has 0 bridgehead atoms. The van der Waals surface area contributed by atoms with Gasteiger partial charge in [-0.2, -0.15) is 0 Å². The minimum absolute atomic E-state index is 0.218. The SMILES string of the molecule is Cc1cccc(N/C(=C\C(=O)c2ccccc2)C(=O)c2ccccc2)c1. The second kappa shape index (κ2) is 8.08. The Morgan fingerprint density at radius 1 is 0.769 bits per heavy atom. The van der Waals surface area contributed by atoms with Crippen LogP contribution in [-0.4, -0.2) is 11.6 Å². The van der Waals surface area contributed by atoms with Crippen molar-refractivity contribution in [1.29, 1.82) is 0 Å². The Labute approximate surface area is 153 Å². The van der Waals surface area contributed by atoms with Crippen LogP contribution in [-0.2, 0) is 0 Å². The number of Topliss-reactive ketones (excluding diaryl/α,β-unsaturated/α-hetero) is 1. The average molecular weight is 341 g/mol. The number of hydrogen-bond donors (Lipinski definition) is 1. The zero-order valence-corrected chi connectivity index (χ0v) is 14.5. The third-order valence-corrected chi connectivity index (χ3v) is 3.91. The molecular weight excluding hydrogens is 322 g/mol. The lowest BCUT2D eigenvalue weighted by Crippen LogP contribution is -2.14. The van der Waals surface area contributed by atoms with E-state index in [0.717, 1.165) is 11.3 Å². The van der Waals surface area contributed by atoms with Gasteiger partial charge >= 0.3 is 0 Å². The quantitative estimate of drug-likeness (QED) is 0.504. The number of allylic oxidation sites excluding steroid dienone is 2. The molecule has 0 radical (unpaired) electrons. The highest BCUT2D eigenvalue weighted by Crippen LogP contribution is 2.16. The van der Waals surface area contributed by atoms with Crippen molar-refractivity contribution in [2.45, 2.75) is 6.92 Å². The molecule has 0 aliphatic heterocycles. The van der Waals surface area contributed by atoms with Gasteiger partial charge in [-0.3, -0.25) is 9.59 Å². The fourth-order valence-electron chi connectivity index (χ4n) is 2.60. The van der Waals surface area contributed by atoms with Crippen LogP contribution in [0.25, 0.3) is 0 Å². The van der Waals surface area contributed by atoms with E-state index in [0.29, 0.717) is 11.1 Å². The van der Waals surface area contributed by atoms with Crippen LogP contribution in [0.3, 0.4) is 0 Å². The van der Waals surface area contributed by atoms with Crippen molar-refractivity contribution in [2.75, 3.05) is 5.32 Å². The monoisotopic (exact) mass is 341 g/mol. The lowest BCUT2D eigenvalue weighted by molar-refractivity contribution is 0.101. The molecule has 0 aliphatic carbocycles. The summed E-state index contributed by atoms with van der Waals surface area (Å²) in [5.41, 5.74) is 3.14. The van der Waals surface area contributed by atoms with Gasteiger partial charge in [0.05, 0.1) is 5.70 Å². The zero-order valence-electron chi connectivity index (χ0n) is 14.5. The topological polar surface area (TPSA) is 46.2 Å². The van der Waals surface area contributed by atoms with Crippen molar-refractivity contribution in [3.8, 4) is 0 Å². The molecule has 0 atom stereocenters. The van der Waals surface area contributed by atoms with Crippen LogP contribution in [0.1, 0.15) is 26.3 Å². The van der Waals surface area contributed by atoms with Crippen molar-refractivity contribution in [3.05, 3.63) is 113 Å². The number of carbonyl (C=O) groups excluding carboxylic acids is 2. The molecule has 0 aliphatic rings. The van der Waals surface area contributed by atoms with Crippen LogP contribution in [0.4, 0.5) is 5.69 Å². The number of anilines is 1. The summed E-state index contributed by atoms with van der Waals surface area (Å²) in [6, 6.07) is 25.5. The third kappa shape index (κ3) is 4.33. The van der Waals surface area contributed by atoms with Gasteiger partial charge in [-0.05, 0) is 24.6 Å². The highest BCUT2D eigenvalue weighted by atomic mass is 16.1. The predicted octanol–water partition coefficient (Wildman–Crippen LogP) is 5.06. The summed E-state index contributed by atoms with van der Waals surface area (Å²) in [6.45, 7) is 1.97. The van der Waals surface area contributed by atoms with Crippen LogP contribution in [0.5, 0.6) is 0 Å². The first-order valence-electron chi connectivity index (χ1n) is 8.38. The van der Waals surface area contributed by atoms with Crippen LogP contribution in [0, 0.1) is 6.92 Å². The van der Waals surface area contributed by atoms with Gasteiger partial charge in [0.25, 0.3) is 0 Å². The fraction of sp³-hybridized carbons (Fsp3) is 0.0435. The average Bonchev–Trinajstić information content (AvgIpc) is 2.68. The summed E-state index contributed by atoms with van der Waals surface area (Å²) in [6.07, 6.45) is 1.37. The Balaban J connectivity index is 1.97. The van der Waals surface area contributed by atoms with Gasteiger partial charge in [-0.15, -0.1) is 0 Å².